The summed E-state index contributed by atoms with van der Waals surface area (Å²) in [5.74, 6) is 0.861. The molecule has 0 aliphatic carbocycles. The Morgan fingerprint density at radius 1 is 1.60 bits per heavy atom. The van der Waals surface area contributed by atoms with E-state index in [-0.39, 0.29) is 0 Å². The normalized spacial score (nSPS) is 12.0. The second-order valence-corrected chi connectivity index (χ2v) is 1.74. The fourth-order valence-corrected chi connectivity index (χ4v) is 0.599. The molecule has 0 saturated carbocycles. The van der Waals surface area contributed by atoms with E-state index in [0.717, 1.165) is 5.76 Å². The molecule has 0 atom stereocenters. The van der Waals surface area contributed by atoms with Gasteiger partial charge < -0.3 is 4.74 Å². The Bertz CT molecular complexity index is 143. The molecule has 0 unspecified atom stereocenters. The van der Waals surface area contributed by atoms with Crippen molar-refractivity contribution in [1.82, 2.24) is 0 Å². The van der Waals surface area contributed by atoms with Crippen LogP contribution in [0.2, 0.25) is 0 Å². The van der Waals surface area contributed by atoms with Gasteiger partial charge in [-0.05, 0) is 26.0 Å². The van der Waals surface area contributed by atoms with Crippen LogP contribution in [-0.2, 0) is 4.74 Å². The Balaban J connectivity index is 3.96. The average Bonchev–Trinajstić information content (AvgIpc) is 1.90. The van der Waals surface area contributed by atoms with Crippen molar-refractivity contribution in [1.29, 1.82) is 0 Å². The topological polar surface area (TPSA) is 9.23 Å². The predicted molar refractivity (Wildman–Crippen MR) is 44.7 cm³/mol. The lowest BCUT2D eigenvalue weighted by atomic mass is 10.4. The number of allylic oxidation sites excluding steroid dienone is 4. The Hall–Kier alpha value is -0.980. The summed E-state index contributed by atoms with van der Waals surface area (Å²) in [5.41, 5.74) is 0. The molecule has 0 aliphatic heterocycles. The molecule has 0 aliphatic rings. The minimum atomic E-state index is 0.698. The van der Waals surface area contributed by atoms with Crippen molar-refractivity contribution >= 4 is 0 Å². The molecular weight excluding hydrogens is 124 g/mol. The lowest BCUT2D eigenvalue weighted by molar-refractivity contribution is 0.242. The molecule has 56 valence electrons. The van der Waals surface area contributed by atoms with E-state index in [1.54, 1.807) is 6.08 Å². The van der Waals surface area contributed by atoms with Crippen LogP contribution in [0.15, 0.2) is 36.6 Å². The van der Waals surface area contributed by atoms with E-state index in [9.17, 15) is 0 Å². The molecule has 0 aromatic rings. The molecule has 0 rings (SSSR count). The van der Waals surface area contributed by atoms with E-state index >= 15 is 0 Å². The van der Waals surface area contributed by atoms with E-state index in [4.69, 9.17) is 4.74 Å². The highest BCUT2D eigenvalue weighted by Crippen LogP contribution is 1.98. The van der Waals surface area contributed by atoms with Crippen molar-refractivity contribution in [3.8, 4) is 0 Å². The van der Waals surface area contributed by atoms with Crippen LogP contribution in [0, 0.1) is 0 Å². The molecule has 1 heteroatoms. The summed E-state index contributed by atoms with van der Waals surface area (Å²) in [4.78, 5) is 0. The first-order chi connectivity index (χ1) is 4.85. The minimum Gasteiger partial charge on any atom is -0.494 e. The molecule has 0 radical (unpaired) electrons. The van der Waals surface area contributed by atoms with Gasteiger partial charge in [-0.3, -0.25) is 0 Å². The molecule has 0 N–H and O–H groups in total. The van der Waals surface area contributed by atoms with Gasteiger partial charge in [-0.2, -0.15) is 0 Å². The Morgan fingerprint density at radius 2 is 2.30 bits per heavy atom. The molecule has 0 saturated heterocycles. The quantitative estimate of drug-likeness (QED) is 0.428. The van der Waals surface area contributed by atoms with Gasteiger partial charge in [0.2, 0.25) is 0 Å². The molecule has 0 spiro atoms. The van der Waals surface area contributed by atoms with Gasteiger partial charge in [0, 0.05) is 0 Å². The first-order valence-electron chi connectivity index (χ1n) is 3.43. The second-order valence-electron chi connectivity index (χ2n) is 1.74. The number of rotatable bonds is 4. The van der Waals surface area contributed by atoms with E-state index in [1.165, 1.54) is 0 Å². The molecule has 10 heavy (non-hydrogen) atoms. The fourth-order valence-electron chi connectivity index (χ4n) is 0.599. The lowest BCUT2D eigenvalue weighted by Crippen LogP contribution is -1.86. The zero-order chi connectivity index (χ0) is 7.82. The van der Waals surface area contributed by atoms with Crippen LogP contribution in [0.5, 0.6) is 0 Å². The van der Waals surface area contributed by atoms with Crippen molar-refractivity contribution in [3.63, 3.8) is 0 Å². The van der Waals surface area contributed by atoms with E-state index in [0.29, 0.717) is 6.61 Å². The highest BCUT2D eigenvalue weighted by atomic mass is 16.5. The molecule has 0 bridgehead atoms. The average molecular weight is 138 g/mol. The summed E-state index contributed by atoms with van der Waals surface area (Å²) < 4.78 is 5.23. The Labute approximate surface area is 62.7 Å². The molecule has 0 aromatic heterocycles. The van der Waals surface area contributed by atoms with Crippen molar-refractivity contribution in [3.05, 3.63) is 36.6 Å². The zero-order valence-electron chi connectivity index (χ0n) is 6.63. The third kappa shape index (κ3) is 3.96. The summed E-state index contributed by atoms with van der Waals surface area (Å²) in [6.45, 7) is 8.19. The van der Waals surface area contributed by atoms with Crippen molar-refractivity contribution in [2.24, 2.45) is 0 Å². The van der Waals surface area contributed by atoms with Gasteiger partial charge in [0.1, 0.15) is 5.76 Å². The van der Waals surface area contributed by atoms with Gasteiger partial charge in [0.15, 0.2) is 0 Å². The van der Waals surface area contributed by atoms with Gasteiger partial charge in [-0.1, -0.05) is 18.7 Å². The molecule has 0 heterocycles. The smallest absolute Gasteiger partial charge is 0.118 e. The van der Waals surface area contributed by atoms with Crippen molar-refractivity contribution < 1.29 is 4.74 Å². The minimum absolute atomic E-state index is 0.698. The van der Waals surface area contributed by atoms with Crippen LogP contribution in [-0.4, -0.2) is 6.61 Å². The summed E-state index contributed by atoms with van der Waals surface area (Å²) in [7, 11) is 0. The van der Waals surface area contributed by atoms with Crippen LogP contribution in [0.1, 0.15) is 13.8 Å². The largest absolute Gasteiger partial charge is 0.494 e. The summed E-state index contributed by atoms with van der Waals surface area (Å²) >= 11 is 0. The number of hydrogen-bond donors (Lipinski definition) is 0. The maximum Gasteiger partial charge on any atom is 0.118 e. The van der Waals surface area contributed by atoms with Crippen molar-refractivity contribution in [2.75, 3.05) is 6.61 Å². The van der Waals surface area contributed by atoms with Crippen LogP contribution in [0.4, 0.5) is 0 Å². The first-order valence-corrected chi connectivity index (χ1v) is 3.43. The number of hydrogen-bond acceptors (Lipinski definition) is 1. The number of ether oxygens (including phenoxy) is 1. The predicted octanol–water partition coefficient (Wildman–Crippen LogP) is 2.67. The van der Waals surface area contributed by atoms with E-state index in [1.807, 2.05) is 32.1 Å². The Kier molecular flexibility index (Phi) is 5.54. The lowest BCUT2D eigenvalue weighted by Gasteiger charge is -2.00. The Morgan fingerprint density at radius 3 is 2.70 bits per heavy atom. The third-order valence-electron chi connectivity index (χ3n) is 0.924. The highest BCUT2D eigenvalue weighted by molar-refractivity contribution is 5.16. The van der Waals surface area contributed by atoms with Crippen molar-refractivity contribution in [2.45, 2.75) is 13.8 Å². The zero-order valence-corrected chi connectivity index (χ0v) is 6.63. The second kappa shape index (κ2) is 6.14. The maximum absolute atomic E-state index is 5.23. The summed E-state index contributed by atoms with van der Waals surface area (Å²) in [6, 6.07) is 0. The molecule has 0 amide bonds. The van der Waals surface area contributed by atoms with E-state index in [2.05, 4.69) is 6.58 Å². The van der Waals surface area contributed by atoms with Crippen LogP contribution >= 0.6 is 0 Å². The van der Waals surface area contributed by atoms with Gasteiger partial charge in [0.25, 0.3) is 0 Å². The van der Waals surface area contributed by atoms with Gasteiger partial charge >= 0.3 is 0 Å². The van der Waals surface area contributed by atoms with Crippen LogP contribution in [0.25, 0.3) is 0 Å². The summed E-state index contributed by atoms with van der Waals surface area (Å²) in [5, 5.41) is 0. The van der Waals surface area contributed by atoms with Gasteiger partial charge in [0.05, 0.1) is 6.61 Å². The standard InChI is InChI=1S/C9H14O/c1-4-7-9(8-5-2)10-6-3/h4-5,7-8H,1,6H2,2-3H3/b8-5-,9-7+. The third-order valence-corrected chi connectivity index (χ3v) is 0.924. The van der Waals surface area contributed by atoms with Gasteiger partial charge in [-0.15, -0.1) is 0 Å². The van der Waals surface area contributed by atoms with Gasteiger partial charge in [-0.25, -0.2) is 0 Å². The molecule has 1 nitrogen and oxygen atoms in total. The fraction of sp³-hybridized carbons (Fsp3) is 0.333. The monoisotopic (exact) mass is 138 g/mol. The van der Waals surface area contributed by atoms with E-state index < -0.39 is 0 Å². The van der Waals surface area contributed by atoms with Crippen LogP contribution in [0.3, 0.4) is 0 Å². The SMILES string of the molecule is C=C/C=C(\C=C/C)OCC. The molecule has 0 aromatic carbocycles. The highest BCUT2D eigenvalue weighted by Gasteiger charge is 1.85. The molecular formula is C9H14O. The molecule has 0 fully saturated rings. The first kappa shape index (κ1) is 9.02. The maximum atomic E-state index is 5.23. The summed E-state index contributed by atoms with van der Waals surface area (Å²) in [6.07, 6.45) is 7.39. The van der Waals surface area contributed by atoms with Crippen LogP contribution < -0.4 is 0 Å².